The van der Waals surface area contributed by atoms with Crippen LogP contribution in [0, 0.1) is 29.3 Å². The first-order valence-corrected chi connectivity index (χ1v) is 9.19. The minimum Gasteiger partial charge on any atom is -0.256 e. The highest BCUT2D eigenvalue weighted by atomic mass is 19.2. The second kappa shape index (κ2) is 7.81. The molecule has 3 aromatic carbocycles. The van der Waals surface area contributed by atoms with Crippen molar-refractivity contribution in [3.63, 3.8) is 0 Å². The number of hydrogen-bond acceptors (Lipinski definition) is 1. The number of pyridine rings is 1. The average Bonchev–Trinajstić information content (AvgIpc) is 2.74. The van der Waals surface area contributed by atoms with Crippen LogP contribution < -0.4 is 0 Å². The van der Waals surface area contributed by atoms with E-state index in [0.29, 0.717) is 27.6 Å². The summed E-state index contributed by atoms with van der Waals surface area (Å²) in [4.78, 5) is 4.37. The highest BCUT2D eigenvalue weighted by molar-refractivity contribution is 5.84. The summed E-state index contributed by atoms with van der Waals surface area (Å²) in [5, 5.41) is 1.11. The summed E-state index contributed by atoms with van der Waals surface area (Å²) < 4.78 is 41.3. The Hall–Kier alpha value is -3.58. The number of rotatable bonds is 2. The molecule has 0 unspecified atom stereocenters. The van der Waals surface area contributed by atoms with E-state index in [1.807, 2.05) is 19.1 Å². The molecule has 0 saturated heterocycles. The maximum Gasteiger partial charge on any atom is 0.159 e. The topological polar surface area (TPSA) is 12.9 Å². The first kappa shape index (κ1) is 18.8. The van der Waals surface area contributed by atoms with Crippen LogP contribution in [0.1, 0.15) is 23.6 Å². The van der Waals surface area contributed by atoms with E-state index in [1.165, 1.54) is 6.07 Å². The van der Waals surface area contributed by atoms with Gasteiger partial charge in [0.2, 0.25) is 0 Å². The van der Waals surface area contributed by atoms with Crippen molar-refractivity contribution in [2.45, 2.75) is 13.3 Å². The lowest BCUT2D eigenvalue weighted by Crippen LogP contribution is -1.90. The predicted octanol–water partition coefficient (Wildman–Crippen LogP) is 6.28. The van der Waals surface area contributed by atoms with Gasteiger partial charge in [0.25, 0.3) is 0 Å². The highest BCUT2D eigenvalue weighted by Gasteiger charge is 2.06. The van der Waals surface area contributed by atoms with Crippen molar-refractivity contribution in [2.24, 2.45) is 0 Å². The summed E-state index contributed by atoms with van der Waals surface area (Å²) in [5.41, 5.74) is 3.34. The lowest BCUT2D eigenvalue weighted by molar-refractivity contribution is 0.511. The maximum absolute atomic E-state index is 14.5. The third-order valence-electron chi connectivity index (χ3n) is 4.72. The normalized spacial score (nSPS) is 10.6. The minimum absolute atomic E-state index is 0.254. The van der Waals surface area contributed by atoms with Gasteiger partial charge in [0.05, 0.1) is 11.3 Å². The van der Waals surface area contributed by atoms with Gasteiger partial charge in [-0.3, -0.25) is 4.98 Å². The molecule has 0 aliphatic carbocycles. The van der Waals surface area contributed by atoms with Gasteiger partial charge in [-0.15, -0.1) is 0 Å². The zero-order valence-corrected chi connectivity index (χ0v) is 15.6. The third kappa shape index (κ3) is 4.00. The number of benzene rings is 3. The number of aryl methyl sites for hydroxylation is 1. The van der Waals surface area contributed by atoms with E-state index in [1.54, 1.807) is 36.5 Å². The van der Waals surface area contributed by atoms with Crippen molar-refractivity contribution >= 4 is 10.8 Å². The second-order valence-corrected chi connectivity index (χ2v) is 6.68. The molecule has 0 N–H and O–H groups in total. The number of halogens is 3. The van der Waals surface area contributed by atoms with Gasteiger partial charge < -0.3 is 0 Å². The predicted molar refractivity (Wildman–Crippen MR) is 109 cm³/mol. The minimum atomic E-state index is -0.912. The lowest BCUT2D eigenvalue weighted by atomic mass is 10.1. The lowest BCUT2D eigenvalue weighted by Gasteiger charge is -2.04. The summed E-state index contributed by atoms with van der Waals surface area (Å²) in [7, 11) is 0. The molecule has 0 spiro atoms. The van der Waals surface area contributed by atoms with Gasteiger partial charge in [0.1, 0.15) is 5.82 Å². The molecule has 0 atom stereocenters. The number of fused-ring (bicyclic) bond motifs is 1. The number of hydrogen-bond donors (Lipinski definition) is 0. The Kier molecular flexibility index (Phi) is 5.05. The molecule has 0 aliphatic rings. The molecule has 0 bridgehead atoms. The Balaban J connectivity index is 1.62. The van der Waals surface area contributed by atoms with E-state index in [9.17, 15) is 13.2 Å². The molecule has 142 valence electrons. The van der Waals surface area contributed by atoms with E-state index in [2.05, 4.69) is 16.8 Å². The van der Waals surface area contributed by atoms with Crippen molar-refractivity contribution in [2.75, 3.05) is 0 Å². The summed E-state index contributed by atoms with van der Waals surface area (Å²) in [6.45, 7) is 2.05. The molecule has 4 heteroatoms. The first-order chi connectivity index (χ1) is 14.0. The summed E-state index contributed by atoms with van der Waals surface area (Å²) in [5.74, 6) is 3.44. The van der Waals surface area contributed by atoms with Crippen LogP contribution in [-0.4, -0.2) is 4.98 Å². The monoisotopic (exact) mass is 387 g/mol. The van der Waals surface area contributed by atoms with Gasteiger partial charge in [-0.05, 0) is 65.2 Å². The van der Waals surface area contributed by atoms with Gasteiger partial charge in [-0.25, -0.2) is 13.2 Å². The van der Waals surface area contributed by atoms with Crippen LogP contribution in [0.2, 0.25) is 0 Å². The van der Waals surface area contributed by atoms with Gasteiger partial charge in [-0.1, -0.05) is 37.0 Å². The van der Waals surface area contributed by atoms with E-state index in [0.717, 1.165) is 24.1 Å². The third-order valence-corrected chi connectivity index (χ3v) is 4.72. The molecule has 1 heterocycles. The fourth-order valence-corrected chi connectivity index (χ4v) is 3.04. The van der Waals surface area contributed by atoms with Gasteiger partial charge in [0, 0.05) is 17.3 Å². The van der Waals surface area contributed by atoms with Crippen LogP contribution in [0.5, 0.6) is 0 Å². The quantitative estimate of drug-likeness (QED) is 0.369. The number of aromatic nitrogens is 1. The SMILES string of the molecule is CCc1ccc(-c2ccc(C#Cc3ccc4cc(F)c(F)cc4c3)c(F)c2)nc1. The van der Waals surface area contributed by atoms with Crippen LogP contribution in [0.3, 0.4) is 0 Å². The van der Waals surface area contributed by atoms with E-state index >= 15 is 0 Å². The Morgan fingerprint density at radius 2 is 1.55 bits per heavy atom. The van der Waals surface area contributed by atoms with Crippen LogP contribution >= 0.6 is 0 Å². The van der Waals surface area contributed by atoms with Crippen LogP contribution in [0.4, 0.5) is 13.2 Å². The van der Waals surface area contributed by atoms with Crippen LogP contribution in [-0.2, 0) is 6.42 Å². The van der Waals surface area contributed by atoms with E-state index in [4.69, 9.17) is 0 Å². The zero-order valence-electron chi connectivity index (χ0n) is 15.6. The van der Waals surface area contributed by atoms with Crippen molar-refractivity contribution in [1.29, 1.82) is 0 Å². The Bertz CT molecular complexity index is 1270. The van der Waals surface area contributed by atoms with Gasteiger partial charge in [0.15, 0.2) is 11.6 Å². The first-order valence-electron chi connectivity index (χ1n) is 9.19. The molecule has 0 amide bonds. The Morgan fingerprint density at radius 1 is 0.759 bits per heavy atom. The summed E-state index contributed by atoms with van der Waals surface area (Å²) in [6, 6.07) is 15.9. The van der Waals surface area contributed by atoms with Crippen molar-refractivity contribution < 1.29 is 13.2 Å². The van der Waals surface area contributed by atoms with E-state index < -0.39 is 17.5 Å². The smallest absolute Gasteiger partial charge is 0.159 e. The van der Waals surface area contributed by atoms with E-state index in [-0.39, 0.29) is 5.56 Å². The molecular weight excluding hydrogens is 371 g/mol. The summed E-state index contributed by atoms with van der Waals surface area (Å²) in [6.07, 6.45) is 2.68. The van der Waals surface area contributed by atoms with Crippen molar-refractivity contribution in [3.8, 4) is 23.1 Å². The fourth-order valence-electron chi connectivity index (χ4n) is 3.04. The largest absolute Gasteiger partial charge is 0.256 e. The van der Waals surface area contributed by atoms with Crippen LogP contribution in [0.15, 0.2) is 66.9 Å². The Labute approximate surface area is 166 Å². The molecule has 29 heavy (non-hydrogen) atoms. The standard InChI is InChI=1S/C25H16F3N/c1-2-16-5-10-25(29-15-16)20-9-8-18(22(26)13-20)6-3-17-4-7-19-12-23(27)24(28)14-21(19)11-17/h4-5,7-15H,2H2,1H3. The molecule has 0 fully saturated rings. The second-order valence-electron chi connectivity index (χ2n) is 6.68. The molecule has 0 aliphatic heterocycles. The highest BCUT2D eigenvalue weighted by Crippen LogP contribution is 2.22. The molecule has 1 nitrogen and oxygen atoms in total. The molecule has 1 aromatic heterocycles. The molecule has 0 saturated carbocycles. The van der Waals surface area contributed by atoms with Crippen molar-refractivity contribution in [3.05, 3.63) is 101 Å². The summed E-state index contributed by atoms with van der Waals surface area (Å²) >= 11 is 0. The average molecular weight is 387 g/mol. The molecule has 4 aromatic rings. The van der Waals surface area contributed by atoms with Gasteiger partial charge >= 0.3 is 0 Å². The molecule has 4 rings (SSSR count). The Morgan fingerprint density at radius 3 is 2.24 bits per heavy atom. The van der Waals surface area contributed by atoms with Crippen molar-refractivity contribution in [1.82, 2.24) is 4.98 Å². The zero-order chi connectivity index (χ0) is 20.4. The van der Waals surface area contributed by atoms with Crippen LogP contribution in [0.25, 0.3) is 22.0 Å². The maximum atomic E-state index is 14.5. The van der Waals surface area contributed by atoms with Gasteiger partial charge in [-0.2, -0.15) is 0 Å². The molecular formula is C25H16F3N. The molecule has 0 radical (unpaired) electrons. The fraction of sp³-hybridized carbons (Fsp3) is 0.0800. The number of nitrogens with zero attached hydrogens (tertiary/aromatic N) is 1.